The Bertz CT molecular complexity index is 331. The number of piperazine rings is 1. The highest BCUT2D eigenvalue weighted by Crippen LogP contribution is 2.16. The molecule has 1 heterocycles. The minimum Gasteiger partial charge on any atom is -0.377 e. The molecule has 0 radical (unpaired) electrons. The maximum Gasteiger partial charge on any atom is 0.312 e. The highest BCUT2D eigenvalue weighted by Gasteiger charge is 2.35. The van der Waals surface area contributed by atoms with E-state index in [0.717, 1.165) is 0 Å². The third kappa shape index (κ3) is 3.00. The number of likely N-dealkylation sites (N-methyl/N-ethyl adjacent to an activating group) is 2. The van der Waals surface area contributed by atoms with Gasteiger partial charge in [-0.3, -0.25) is 9.59 Å². The number of methoxy groups -OCH3 is 1. The van der Waals surface area contributed by atoms with Crippen LogP contribution in [0.15, 0.2) is 0 Å². The molecular weight excluding hydrogens is 234 g/mol. The molecule has 0 aliphatic carbocycles. The molecule has 0 saturated carbocycles. The summed E-state index contributed by atoms with van der Waals surface area (Å²) < 4.78 is 5.42. The largest absolute Gasteiger partial charge is 0.377 e. The lowest BCUT2D eigenvalue weighted by Gasteiger charge is -2.39. The van der Waals surface area contributed by atoms with Crippen LogP contribution >= 0.6 is 0 Å². The molecular formula is C12H23N3O3. The number of amides is 2. The van der Waals surface area contributed by atoms with E-state index in [1.165, 1.54) is 4.90 Å². The second-order valence-electron chi connectivity index (χ2n) is 5.13. The smallest absolute Gasteiger partial charge is 0.312 e. The van der Waals surface area contributed by atoms with Crippen molar-refractivity contribution in [3.05, 3.63) is 0 Å². The average molecular weight is 257 g/mol. The summed E-state index contributed by atoms with van der Waals surface area (Å²) in [5, 5.41) is 3.14. The zero-order valence-corrected chi connectivity index (χ0v) is 11.8. The Balaban J connectivity index is 2.72. The van der Waals surface area contributed by atoms with Gasteiger partial charge in [0.15, 0.2) is 0 Å². The van der Waals surface area contributed by atoms with E-state index in [4.69, 9.17) is 4.74 Å². The Hall–Kier alpha value is -1.14. The number of rotatable bonds is 5. The maximum atomic E-state index is 11.9. The summed E-state index contributed by atoms with van der Waals surface area (Å²) in [6, 6.07) is -0.0253. The Morgan fingerprint density at radius 1 is 1.33 bits per heavy atom. The Morgan fingerprint density at radius 2 is 1.94 bits per heavy atom. The predicted octanol–water partition coefficient (Wildman–Crippen LogP) is -0.700. The molecule has 1 fully saturated rings. The van der Waals surface area contributed by atoms with Crippen LogP contribution in [0.1, 0.15) is 13.8 Å². The SMILES string of the molecule is CNC(CN1CCN(C)C(=O)C1=O)C(C)(C)OC. The van der Waals surface area contributed by atoms with Crippen molar-refractivity contribution in [1.82, 2.24) is 15.1 Å². The van der Waals surface area contributed by atoms with Gasteiger partial charge in [0.05, 0.1) is 11.6 Å². The number of ether oxygens (including phenoxy) is 1. The lowest BCUT2D eigenvalue weighted by molar-refractivity contribution is -0.155. The van der Waals surface area contributed by atoms with Crippen LogP contribution in [0.2, 0.25) is 0 Å². The third-order valence-electron chi connectivity index (χ3n) is 3.64. The number of nitrogens with zero attached hydrogens (tertiary/aromatic N) is 2. The molecule has 1 atom stereocenters. The van der Waals surface area contributed by atoms with Crippen molar-refractivity contribution in [1.29, 1.82) is 0 Å². The molecule has 1 aliphatic rings. The Morgan fingerprint density at radius 3 is 2.44 bits per heavy atom. The first-order valence-corrected chi connectivity index (χ1v) is 6.10. The maximum absolute atomic E-state index is 11.9. The van der Waals surface area contributed by atoms with E-state index in [2.05, 4.69) is 5.32 Å². The molecule has 6 nitrogen and oxygen atoms in total. The summed E-state index contributed by atoms with van der Waals surface area (Å²) >= 11 is 0. The van der Waals surface area contributed by atoms with E-state index >= 15 is 0 Å². The lowest BCUT2D eigenvalue weighted by atomic mass is 9.98. The summed E-state index contributed by atoms with van der Waals surface area (Å²) in [6.45, 7) is 5.52. The standard InChI is InChI=1S/C12H23N3O3/c1-12(2,18-5)9(13-3)8-15-7-6-14(4)10(16)11(15)17/h9,13H,6-8H2,1-5H3. The van der Waals surface area contributed by atoms with Crippen molar-refractivity contribution < 1.29 is 14.3 Å². The molecule has 0 aromatic rings. The minimum atomic E-state index is -0.439. The van der Waals surface area contributed by atoms with Gasteiger partial charge in [-0.25, -0.2) is 0 Å². The normalized spacial score (nSPS) is 19.4. The summed E-state index contributed by atoms with van der Waals surface area (Å²) in [5.74, 6) is -0.873. The van der Waals surface area contributed by atoms with Crippen molar-refractivity contribution in [2.24, 2.45) is 0 Å². The molecule has 0 aromatic carbocycles. The van der Waals surface area contributed by atoms with Gasteiger partial charge < -0.3 is 19.9 Å². The Kier molecular flexibility index (Phi) is 4.70. The molecule has 0 spiro atoms. The molecule has 104 valence electrons. The van der Waals surface area contributed by atoms with Gasteiger partial charge in [0.1, 0.15) is 0 Å². The van der Waals surface area contributed by atoms with Gasteiger partial charge in [-0.15, -0.1) is 0 Å². The van der Waals surface area contributed by atoms with E-state index in [9.17, 15) is 9.59 Å². The quantitative estimate of drug-likeness (QED) is 0.662. The molecule has 1 unspecified atom stereocenters. The molecule has 0 aromatic heterocycles. The van der Waals surface area contributed by atoms with E-state index in [1.807, 2.05) is 20.9 Å². The van der Waals surface area contributed by atoms with Gasteiger partial charge in [0.25, 0.3) is 0 Å². The monoisotopic (exact) mass is 257 g/mol. The van der Waals surface area contributed by atoms with Crippen LogP contribution in [-0.2, 0) is 14.3 Å². The number of nitrogens with one attached hydrogen (secondary N) is 1. The molecule has 6 heteroatoms. The first kappa shape index (κ1) is 14.9. The second-order valence-corrected chi connectivity index (χ2v) is 5.13. The fourth-order valence-corrected chi connectivity index (χ4v) is 1.97. The van der Waals surface area contributed by atoms with E-state index in [-0.39, 0.29) is 6.04 Å². The van der Waals surface area contributed by atoms with Crippen LogP contribution in [-0.4, -0.2) is 74.1 Å². The summed E-state index contributed by atoms with van der Waals surface area (Å²) in [6.07, 6.45) is 0. The number of carbonyl (C=O) groups is 2. The second kappa shape index (κ2) is 5.67. The number of carbonyl (C=O) groups excluding carboxylic acids is 2. The molecule has 0 bridgehead atoms. The highest BCUT2D eigenvalue weighted by atomic mass is 16.5. The van der Waals surface area contributed by atoms with E-state index in [1.54, 1.807) is 19.1 Å². The van der Waals surface area contributed by atoms with Crippen molar-refractivity contribution in [2.45, 2.75) is 25.5 Å². The Labute approximate surface area is 108 Å². The summed E-state index contributed by atoms with van der Waals surface area (Å²) in [7, 11) is 5.11. The van der Waals surface area contributed by atoms with Gasteiger partial charge >= 0.3 is 11.8 Å². The molecule has 1 N–H and O–H groups in total. The van der Waals surface area contributed by atoms with Gasteiger partial charge in [-0.2, -0.15) is 0 Å². The van der Waals surface area contributed by atoms with Crippen LogP contribution in [0, 0.1) is 0 Å². The molecule has 2 amide bonds. The first-order chi connectivity index (χ1) is 8.33. The fourth-order valence-electron chi connectivity index (χ4n) is 1.97. The number of hydrogen-bond donors (Lipinski definition) is 1. The molecule has 1 aliphatic heterocycles. The van der Waals surface area contributed by atoms with Crippen LogP contribution in [0.25, 0.3) is 0 Å². The molecule has 18 heavy (non-hydrogen) atoms. The summed E-state index contributed by atoms with van der Waals surface area (Å²) in [5.41, 5.74) is -0.401. The van der Waals surface area contributed by atoms with E-state index < -0.39 is 17.4 Å². The van der Waals surface area contributed by atoms with Gasteiger partial charge in [-0.05, 0) is 20.9 Å². The van der Waals surface area contributed by atoms with E-state index in [0.29, 0.717) is 19.6 Å². The van der Waals surface area contributed by atoms with Gasteiger partial charge in [0, 0.05) is 33.8 Å². The van der Waals surface area contributed by atoms with Gasteiger partial charge in [0.2, 0.25) is 0 Å². The minimum absolute atomic E-state index is 0.0253. The van der Waals surface area contributed by atoms with Crippen molar-refractivity contribution in [2.75, 3.05) is 40.8 Å². The van der Waals surface area contributed by atoms with Crippen molar-refractivity contribution >= 4 is 11.8 Å². The fraction of sp³-hybridized carbons (Fsp3) is 0.833. The third-order valence-corrected chi connectivity index (χ3v) is 3.64. The van der Waals surface area contributed by atoms with Crippen LogP contribution in [0.3, 0.4) is 0 Å². The molecule has 1 saturated heterocycles. The van der Waals surface area contributed by atoms with Crippen LogP contribution in [0.5, 0.6) is 0 Å². The highest BCUT2D eigenvalue weighted by molar-refractivity contribution is 6.35. The van der Waals surface area contributed by atoms with Crippen LogP contribution in [0.4, 0.5) is 0 Å². The lowest BCUT2D eigenvalue weighted by Crippen LogP contribution is -2.59. The topological polar surface area (TPSA) is 61.9 Å². The summed E-state index contributed by atoms with van der Waals surface area (Å²) in [4.78, 5) is 26.5. The van der Waals surface area contributed by atoms with Crippen LogP contribution < -0.4 is 5.32 Å². The van der Waals surface area contributed by atoms with Gasteiger partial charge in [-0.1, -0.05) is 0 Å². The zero-order chi connectivity index (χ0) is 13.9. The van der Waals surface area contributed by atoms with Crippen molar-refractivity contribution in [3.63, 3.8) is 0 Å². The predicted molar refractivity (Wildman–Crippen MR) is 68.2 cm³/mol. The van der Waals surface area contributed by atoms with Crippen molar-refractivity contribution in [3.8, 4) is 0 Å². The first-order valence-electron chi connectivity index (χ1n) is 6.10. The number of hydrogen-bond acceptors (Lipinski definition) is 4. The molecule has 1 rings (SSSR count). The zero-order valence-electron chi connectivity index (χ0n) is 11.8. The average Bonchev–Trinajstić information content (AvgIpc) is 2.35.